The van der Waals surface area contributed by atoms with Crippen molar-refractivity contribution < 1.29 is 19.7 Å². The average Bonchev–Trinajstić information content (AvgIpc) is 2.49. The number of hydrogen-bond acceptors (Lipinski definition) is 7. The predicted octanol–water partition coefficient (Wildman–Crippen LogP) is 0.433. The normalized spacial score (nSPS) is 9.77. The summed E-state index contributed by atoms with van der Waals surface area (Å²) in [5.74, 6) is 2.23. The van der Waals surface area contributed by atoms with Gasteiger partial charge in [0.1, 0.15) is 5.82 Å². The van der Waals surface area contributed by atoms with E-state index in [1.165, 1.54) is 0 Å². The van der Waals surface area contributed by atoms with Crippen molar-refractivity contribution in [3.8, 4) is 17.2 Å². The molecule has 8 heteroatoms. The average molecular weight is 308 g/mol. The minimum Gasteiger partial charge on any atom is -0.493 e. The maximum Gasteiger partial charge on any atom is 0.221 e. The Hall–Kier alpha value is -2.74. The molecular formula is C14H20N4O4. The van der Waals surface area contributed by atoms with Gasteiger partial charge >= 0.3 is 0 Å². The molecule has 0 aliphatic carbocycles. The number of benzene rings is 1. The number of nitrogens with two attached hydrogens (primary N) is 2. The topological polar surface area (TPSA) is 137 Å². The first kappa shape index (κ1) is 17.3. The number of methoxy groups -OCH3 is 3. The van der Waals surface area contributed by atoms with Crippen LogP contribution in [0.15, 0.2) is 18.3 Å². The summed E-state index contributed by atoms with van der Waals surface area (Å²) in [5, 5.41) is 0. The highest BCUT2D eigenvalue weighted by molar-refractivity contribution is 5.55. The second-order valence-corrected chi connectivity index (χ2v) is 4.35. The Morgan fingerprint density at radius 2 is 1.59 bits per heavy atom. The molecule has 0 fully saturated rings. The standard InChI is InChI=1S/C14H18N4O3.H2O/c1-19-10-5-8(6-11(20-2)12(10)21-3)4-9-7-17-14(16)18-13(9)15;/h5-7H,4H2,1-3H3,(H4,15,16,17,18);1H2. The molecule has 0 saturated heterocycles. The Bertz CT molecular complexity index is 624. The fourth-order valence-corrected chi connectivity index (χ4v) is 2.03. The lowest BCUT2D eigenvalue weighted by Gasteiger charge is -2.14. The lowest BCUT2D eigenvalue weighted by atomic mass is 10.1. The predicted molar refractivity (Wildman–Crippen MR) is 83.4 cm³/mol. The number of ether oxygens (including phenoxy) is 3. The molecule has 0 aliphatic rings. The van der Waals surface area contributed by atoms with Crippen molar-refractivity contribution in [3.63, 3.8) is 0 Å². The molecule has 6 N–H and O–H groups in total. The van der Waals surface area contributed by atoms with Gasteiger partial charge < -0.3 is 31.2 Å². The summed E-state index contributed by atoms with van der Waals surface area (Å²) in [4.78, 5) is 7.90. The van der Waals surface area contributed by atoms with Gasteiger partial charge in [0.25, 0.3) is 0 Å². The number of nitrogen functional groups attached to an aromatic ring is 2. The number of hydrogen-bond donors (Lipinski definition) is 2. The molecule has 0 amide bonds. The van der Waals surface area contributed by atoms with Gasteiger partial charge in [0.2, 0.25) is 11.7 Å². The monoisotopic (exact) mass is 308 g/mol. The molecule has 0 bridgehead atoms. The second-order valence-electron chi connectivity index (χ2n) is 4.35. The smallest absolute Gasteiger partial charge is 0.221 e. The van der Waals surface area contributed by atoms with Crippen molar-refractivity contribution in [2.24, 2.45) is 0 Å². The summed E-state index contributed by atoms with van der Waals surface area (Å²) >= 11 is 0. The second kappa shape index (κ2) is 7.32. The highest BCUT2D eigenvalue weighted by Gasteiger charge is 2.14. The van der Waals surface area contributed by atoms with Gasteiger partial charge in [-0.2, -0.15) is 4.98 Å². The molecule has 0 aliphatic heterocycles. The third kappa shape index (κ3) is 3.47. The third-order valence-corrected chi connectivity index (χ3v) is 3.04. The van der Waals surface area contributed by atoms with E-state index in [2.05, 4.69) is 9.97 Å². The van der Waals surface area contributed by atoms with Gasteiger partial charge in [-0.1, -0.05) is 0 Å². The highest BCUT2D eigenvalue weighted by Crippen LogP contribution is 2.38. The molecule has 2 aromatic rings. The first-order valence-electron chi connectivity index (χ1n) is 6.24. The Kier molecular flexibility index (Phi) is 5.76. The van der Waals surface area contributed by atoms with Gasteiger partial charge in [0, 0.05) is 18.2 Å². The molecule has 120 valence electrons. The summed E-state index contributed by atoms with van der Waals surface area (Å²) < 4.78 is 15.9. The van der Waals surface area contributed by atoms with E-state index < -0.39 is 0 Å². The molecule has 0 saturated carbocycles. The fraction of sp³-hybridized carbons (Fsp3) is 0.286. The van der Waals surface area contributed by atoms with Crippen molar-refractivity contribution in [2.75, 3.05) is 32.8 Å². The first-order valence-corrected chi connectivity index (χ1v) is 6.24. The molecule has 0 spiro atoms. The van der Waals surface area contributed by atoms with E-state index in [1.807, 2.05) is 12.1 Å². The van der Waals surface area contributed by atoms with E-state index in [-0.39, 0.29) is 11.4 Å². The molecule has 1 aromatic heterocycles. The quantitative estimate of drug-likeness (QED) is 0.817. The zero-order valence-electron chi connectivity index (χ0n) is 12.7. The van der Waals surface area contributed by atoms with E-state index in [4.69, 9.17) is 25.7 Å². The number of aromatic nitrogens is 2. The van der Waals surface area contributed by atoms with Crippen LogP contribution in [0.25, 0.3) is 0 Å². The van der Waals surface area contributed by atoms with Crippen molar-refractivity contribution in [1.82, 2.24) is 9.97 Å². The fourth-order valence-electron chi connectivity index (χ4n) is 2.03. The van der Waals surface area contributed by atoms with Gasteiger partial charge in [0.15, 0.2) is 11.5 Å². The SMILES string of the molecule is COc1cc(Cc2cnc(N)nc2N)cc(OC)c1OC.O. The Morgan fingerprint density at radius 3 is 2.05 bits per heavy atom. The zero-order valence-corrected chi connectivity index (χ0v) is 12.7. The van der Waals surface area contributed by atoms with E-state index in [9.17, 15) is 0 Å². The minimum atomic E-state index is 0. The van der Waals surface area contributed by atoms with Crippen molar-refractivity contribution >= 4 is 11.8 Å². The maximum atomic E-state index is 5.85. The van der Waals surface area contributed by atoms with E-state index in [1.54, 1.807) is 27.5 Å². The molecule has 0 unspecified atom stereocenters. The summed E-state index contributed by atoms with van der Waals surface area (Å²) in [6, 6.07) is 3.72. The van der Waals surface area contributed by atoms with Crippen LogP contribution in [-0.4, -0.2) is 36.8 Å². The molecule has 0 atom stereocenters. The zero-order chi connectivity index (χ0) is 15.4. The largest absolute Gasteiger partial charge is 0.493 e. The first-order chi connectivity index (χ1) is 10.1. The third-order valence-electron chi connectivity index (χ3n) is 3.04. The Labute approximate surface area is 128 Å². The summed E-state index contributed by atoms with van der Waals surface area (Å²) in [5.41, 5.74) is 13.1. The molecule has 2 rings (SSSR count). The van der Waals surface area contributed by atoms with Crippen LogP contribution in [0.3, 0.4) is 0 Å². The van der Waals surface area contributed by atoms with Crippen LogP contribution in [0.5, 0.6) is 17.2 Å². The molecule has 8 nitrogen and oxygen atoms in total. The molecule has 22 heavy (non-hydrogen) atoms. The van der Waals surface area contributed by atoms with Crippen LogP contribution >= 0.6 is 0 Å². The Morgan fingerprint density at radius 1 is 1.00 bits per heavy atom. The summed E-state index contributed by atoms with van der Waals surface area (Å²) in [7, 11) is 4.70. The minimum absolute atomic E-state index is 0. The van der Waals surface area contributed by atoms with Crippen LogP contribution in [0.1, 0.15) is 11.1 Å². The van der Waals surface area contributed by atoms with Gasteiger partial charge in [0.05, 0.1) is 21.3 Å². The van der Waals surface area contributed by atoms with Crippen LogP contribution in [0.2, 0.25) is 0 Å². The van der Waals surface area contributed by atoms with Crippen molar-refractivity contribution in [3.05, 3.63) is 29.5 Å². The lowest BCUT2D eigenvalue weighted by molar-refractivity contribution is 0.324. The van der Waals surface area contributed by atoms with Gasteiger partial charge in [-0.25, -0.2) is 4.98 Å². The highest BCUT2D eigenvalue weighted by atomic mass is 16.5. The van der Waals surface area contributed by atoms with E-state index >= 15 is 0 Å². The molecule has 1 aromatic carbocycles. The molecule has 1 heterocycles. The number of nitrogens with zero attached hydrogens (tertiary/aromatic N) is 2. The van der Waals surface area contributed by atoms with E-state index in [0.29, 0.717) is 29.5 Å². The van der Waals surface area contributed by atoms with Crippen LogP contribution in [-0.2, 0) is 6.42 Å². The van der Waals surface area contributed by atoms with Crippen molar-refractivity contribution in [1.29, 1.82) is 0 Å². The van der Waals surface area contributed by atoms with Crippen molar-refractivity contribution in [2.45, 2.75) is 6.42 Å². The Balaban J connectivity index is 0.00000242. The summed E-state index contributed by atoms with van der Waals surface area (Å²) in [6.07, 6.45) is 2.14. The lowest BCUT2D eigenvalue weighted by Crippen LogP contribution is -2.04. The number of anilines is 2. The van der Waals surface area contributed by atoms with Gasteiger partial charge in [-0.3, -0.25) is 0 Å². The number of rotatable bonds is 5. The van der Waals surface area contributed by atoms with E-state index in [0.717, 1.165) is 11.1 Å². The van der Waals surface area contributed by atoms with Crippen LogP contribution in [0.4, 0.5) is 11.8 Å². The van der Waals surface area contributed by atoms with Gasteiger partial charge in [-0.15, -0.1) is 0 Å². The van der Waals surface area contributed by atoms with Gasteiger partial charge in [-0.05, 0) is 17.7 Å². The molecule has 0 radical (unpaired) electrons. The van der Waals surface area contributed by atoms with Crippen LogP contribution in [0, 0.1) is 0 Å². The molecular weight excluding hydrogens is 288 g/mol. The maximum absolute atomic E-state index is 5.85. The summed E-state index contributed by atoms with van der Waals surface area (Å²) in [6.45, 7) is 0. The van der Waals surface area contributed by atoms with Crippen LogP contribution < -0.4 is 25.7 Å².